The number of aromatic carboxylic acids is 1. The fourth-order valence-corrected chi connectivity index (χ4v) is 1.94. The maximum absolute atomic E-state index is 12.3. The molecule has 0 atom stereocenters. The van der Waals surface area contributed by atoms with Gasteiger partial charge in [0, 0.05) is 0 Å². The summed E-state index contributed by atoms with van der Waals surface area (Å²) in [5.74, 6) is -1.51. The number of carboxylic acids is 1. The van der Waals surface area contributed by atoms with E-state index in [0.29, 0.717) is 17.9 Å². The second kappa shape index (κ2) is 6.62. The molecule has 0 saturated carbocycles. The molecule has 0 radical (unpaired) electrons. The van der Waals surface area contributed by atoms with E-state index in [2.05, 4.69) is 5.32 Å². The summed E-state index contributed by atoms with van der Waals surface area (Å²) in [6.07, 6.45) is 0. The van der Waals surface area contributed by atoms with E-state index in [1.807, 2.05) is 0 Å². The number of hydrogen-bond acceptors (Lipinski definition) is 4. The number of phenolic OH excluding ortho intramolecular Hbond substituents is 1. The summed E-state index contributed by atoms with van der Waals surface area (Å²) in [4.78, 5) is 23.5. The summed E-state index contributed by atoms with van der Waals surface area (Å²) in [6.45, 7) is 2.21. The highest BCUT2D eigenvalue weighted by atomic mass is 16.5. The van der Waals surface area contributed by atoms with E-state index in [1.54, 1.807) is 31.2 Å². The van der Waals surface area contributed by atoms with Gasteiger partial charge in [-0.1, -0.05) is 12.1 Å². The quantitative estimate of drug-likeness (QED) is 0.738. The minimum absolute atomic E-state index is 0.0987. The molecule has 0 spiro atoms. The predicted octanol–water partition coefficient (Wildman–Crippen LogP) is 2.74. The van der Waals surface area contributed by atoms with E-state index in [0.717, 1.165) is 6.07 Å². The first kappa shape index (κ1) is 15.4. The summed E-state index contributed by atoms with van der Waals surface area (Å²) < 4.78 is 5.38. The standard InChI is InChI=1S/C16H15NO5/c1-2-22-14-6-4-3-5-11(14)15(19)17-13-8-7-10(18)9-12(13)16(20)21/h3-9,18H,2H2,1H3,(H,17,19)(H,20,21). The normalized spacial score (nSPS) is 10.0. The Morgan fingerprint density at radius 2 is 1.86 bits per heavy atom. The number of benzene rings is 2. The zero-order valence-corrected chi connectivity index (χ0v) is 11.9. The summed E-state index contributed by atoms with van der Waals surface area (Å²) in [7, 11) is 0. The monoisotopic (exact) mass is 301 g/mol. The van der Waals surface area contributed by atoms with Gasteiger partial charge in [-0.2, -0.15) is 0 Å². The molecule has 0 aliphatic carbocycles. The number of carboxylic acid groups (broad SMARTS) is 1. The van der Waals surface area contributed by atoms with Crippen LogP contribution < -0.4 is 10.1 Å². The Kier molecular flexibility index (Phi) is 4.63. The van der Waals surface area contributed by atoms with Crippen molar-refractivity contribution in [3.63, 3.8) is 0 Å². The summed E-state index contributed by atoms with van der Waals surface area (Å²) in [5, 5.41) is 21.0. The van der Waals surface area contributed by atoms with E-state index < -0.39 is 11.9 Å². The van der Waals surface area contributed by atoms with Crippen LogP contribution in [0.5, 0.6) is 11.5 Å². The minimum atomic E-state index is -1.25. The zero-order chi connectivity index (χ0) is 16.1. The fraction of sp³-hybridized carbons (Fsp3) is 0.125. The Hall–Kier alpha value is -3.02. The lowest BCUT2D eigenvalue weighted by atomic mass is 10.1. The van der Waals surface area contributed by atoms with Gasteiger partial charge >= 0.3 is 5.97 Å². The van der Waals surface area contributed by atoms with Crippen LogP contribution in [0.3, 0.4) is 0 Å². The maximum Gasteiger partial charge on any atom is 0.337 e. The van der Waals surface area contributed by atoms with Crippen molar-refractivity contribution in [2.45, 2.75) is 6.92 Å². The van der Waals surface area contributed by atoms with Crippen LogP contribution in [0, 0.1) is 0 Å². The van der Waals surface area contributed by atoms with E-state index in [-0.39, 0.29) is 17.0 Å². The number of rotatable bonds is 5. The molecule has 2 aromatic rings. The molecule has 6 heteroatoms. The van der Waals surface area contributed by atoms with Crippen molar-refractivity contribution in [2.24, 2.45) is 0 Å². The molecule has 0 bridgehead atoms. The Morgan fingerprint density at radius 3 is 2.55 bits per heavy atom. The van der Waals surface area contributed by atoms with Gasteiger partial charge in [0.1, 0.15) is 11.5 Å². The van der Waals surface area contributed by atoms with Crippen LogP contribution in [0.1, 0.15) is 27.6 Å². The first-order valence-electron chi connectivity index (χ1n) is 6.62. The minimum Gasteiger partial charge on any atom is -0.508 e. The average molecular weight is 301 g/mol. The number of phenols is 1. The number of anilines is 1. The lowest BCUT2D eigenvalue weighted by Crippen LogP contribution is -2.16. The molecular formula is C16H15NO5. The van der Waals surface area contributed by atoms with Crippen LogP contribution in [-0.4, -0.2) is 28.7 Å². The van der Waals surface area contributed by atoms with Gasteiger partial charge in [0.2, 0.25) is 0 Å². The van der Waals surface area contributed by atoms with Crippen LogP contribution in [0.4, 0.5) is 5.69 Å². The molecule has 0 saturated heterocycles. The number of carbonyl (C=O) groups is 2. The van der Waals surface area contributed by atoms with Crippen molar-refractivity contribution in [3.05, 3.63) is 53.6 Å². The van der Waals surface area contributed by atoms with Crippen molar-refractivity contribution in [3.8, 4) is 11.5 Å². The third kappa shape index (κ3) is 3.35. The van der Waals surface area contributed by atoms with E-state index >= 15 is 0 Å². The first-order valence-corrected chi connectivity index (χ1v) is 6.62. The molecule has 1 amide bonds. The Balaban J connectivity index is 2.32. The lowest BCUT2D eigenvalue weighted by Gasteiger charge is -2.12. The number of carbonyl (C=O) groups excluding carboxylic acids is 1. The zero-order valence-electron chi connectivity index (χ0n) is 11.9. The van der Waals surface area contributed by atoms with Gasteiger partial charge in [-0.3, -0.25) is 4.79 Å². The highest BCUT2D eigenvalue weighted by molar-refractivity contribution is 6.09. The molecule has 0 aromatic heterocycles. The van der Waals surface area contributed by atoms with Crippen LogP contribution in [0.2, 0.25) is 0 Å². The average Bonchev–Trinajstić information content (AvgIpc) is 2.49. The molecule has 22 heavy (non-hydrogen) atoms. The molecular weight excluding hydrogens is 286 g/mol. The van der Waals surface area contributed by atoms with Gasteiger partial charge in [-0.25, -0.2) is 4.79 Å². The number of hydrogen-bond donors (Lipinski definition) is 3. The Labute approximate surface area is 127 Å². The van der Waals surface area contributed by atoms with Crippen molar-refractivity contribution in [1.29, 1.82) is 0 Å². The van der Waals surface area contributed by atoms with Crippen LogP contribution in [0.15, 0.2) is 42.5 Å². The SMILES string of the molecule is CCOc1ccccc1C(=O)Nc1ccc(O)cc1C(=O)O. The predicted molar refractivity (Wildman–Crippen MR) is 80.6 cm³/mol. The number of ether oxygens (including phenoxy) is 1. The molecule has 114 valence electrons. The van der Waals surface area contributed by atoms with Crippen LogP contribution in [-0.2, 0) is 0 Å². The van der Waals surface area contributed by atoms with Crippen LogP contribution in [0.25, 0.3) is 0 Å². The molecule has 0 heterocycles. The maximum atomic E-state index is 12.3. The largest absolute Gasteiger partial charge is 0.508 e. The number of para-hydroxylation sites is 1. The highest BCUT2D eigenvalue weighted by Crippen LogP contribution is 2.24. The lowest BCUT2D eigenvalue weighted by molar-refractivity contribution is 0.0697. The van der Waals surface area contributed by atoms with Crippen molar-refractivity contribution in [2.75, 3.05) is 11.9 Å². The second-order valence-electron chi connectivity index (χ2n) is 4.42. The van der Waals surface area contributed by atoms with Gasteiger partial charge in [0.25, 0.3) is 5.91 Å². The van der Waals surface area contributed by atoms with Crippen molar-refractivity contribution in [1.82, 2.24) is 0 Å². The van der Waals surface area contributed by atoms with E-state index in [9.17, 15) is 14.7 Å². The summed E-state index contributed by atoms with van der Waals surface area (Å²) >= 11 is 0. The molecule has 2 aromatic carbocycles. The van der Waals surface area contributed by atoms with E-state index in [4.69, 9.17) is 9.84 Å². The van der Waals surface area contributed by atoms with Crippen molar-refractivity contribution >= 4 is 17.6 Å². The van der Waals surface area contributed by atoms with Gasteiger partial charge in [-0.15, -0.1) is 0 Å². The highest BCUT2D eigenvalue weighted by Gasteiger charge is 2.16. The Morgan fingerprint density at radius 1 is 1.14 bits per heavy atom. The van der Waals surface area contributed by atoms with Gasteiger partial charge in [-0.05, 0) is 37.3 Å². The number of amides is 1. The molecule has 2 rings (SSSR count). The van der Waals surface area contributed by atoms with Crippen molar-refractivity contribution < 1.29 is 24.5 Å². The van der Waals surface area contributed by atoms with Gasteiger partial charge in [0.05, 0.1) is 23.4 Å². The van der Waals surface area contributed by atoms with Crippen LogP contribution >= 0.6 is 0 Å². The molecule has 0 fully saturated rings. The van der Waals surface area contributed by atoms with Gasteiger partial charge < -0.3 is 20.3 Å². The van der Waals surface area contributed by atoms with Gasteiger partial charge in [0.15, 0.2) is 0 Å². The molecule has 6 nitrogen and oxygen atoms in total. The molecule has 0 aliphatic heterocycles. The smallest absolute Gasteiger partial charge is 0.337 e. The summed E-state index contributed by atoms with van der Waals surface area (Å²) in [6, 6.07) is 10.4. The second-order valence-corrected chi connectivity index (χ2v) is 4.42. The van der Waals surface area contributed by atoms with E-state index in [1.165, 1.54) is 12.1 Å². The third-order valence-electron chi connectivity index (χ3n) is 2.91. The fourth-order valence-electron chi connectivity index (χ4n) is 1.94. The summed E-state index contributed by atoms with van der Waals surface area (Å²) in [5.41, 5.74) is 0.206. The Bertz CT molecular complexity index is 711. The molecule has 3 N–H and O–H groups in total. The number of nitrogens with one attached hydrogen (secondary N) is 1. The molecule has 0 unspecified atom stereocenters. The molecule has 0 aliphatic rings. The third-order valence-corrected chi connectivity index (χ3v) is 2.91. The first-order chi connectivity index (χ1) is 10.5. The number of aromatic hydroxyl groups is 1. The topological polar surface area (TPSA) is 95.9 Å².